The summed E-state index contributed by atoms with van der Waals surface area (Å²) in [5.74, 6) is 1.24. The van der Waals surface area contributed by atoms with Gasteiger partial charge in [-0.1, -0.05) is 0 Å². The van der Waals surface area contributed by atoms with Crippen molar-refractivity contribution in [1.29, 1.82) is 0 Å². The molecule has 3 N–H and O–H groups in total. The molecule has 2 nitrogen and oxygen atoms in total. The fraction of sp³-hybridized carbons (Fsp3) is 1.00. The third-order valence-corrected chi connectivity index (χ3v) is 2.07. The normalized spacial score (nSPS) is 13.5. The maximum Gasteiger partial charge on any atom is 0.0161 e. The molecule has 0 unspecified atom stereocenters. The van der Waals surface area contributed by atoms with Crippen molar-refractivity contribution in [3.63, 3.8) is 0 Å². The lowest BCUT2D eigenvalue weighted by Crippen LogP contribution is -2.33. The summed E-state index contributed by atoms with van der Waals surface area (Å²) in [5, 5.41) is 3.33. The lowest BCUT2D eigenvalue weighted by molar-refractivity contribution is 0.555. The molecular formula is C7H18N2S. The quantitative estimate of drug-likeness (QED) is 0.564. The molecular weight excluding hydrogens is 144 g/mol. The Labute approximate surface area is 67.9 Å². The van der Waals surface area contributed by atoms with Crippen molar-refractivity contribution in [2.75, 3.05) is 25.1 Å². The Balaban J connectivity index is 2.89. The monoisotopic (exact) mass is 162 g/mol. The fourth-order valence-electron chi connectivity index (χ4n) is 0.648. The van der Waals surface area contributed by atoms with Gasteiger partial charge in [-0.05, 0) is 31.9 Å². The molecule has 0 heterocycles. The van der Waals surface area contributed by atoms with E-state index in [1.165, 1.54) is 12.2 Å². The van der Waals surface area contributed by atoms with Crippen LogP contribution < -0.4 is 11.1 Å². The SMILES string of the molecule is CSCCCN[C@@H](C)CN. The summed E-state index contributed by atoms with van der Waals surface area (Å²) in [6.45, 7) is 3.94. The van der Waals surface area contributed by atoms with Crippen LogP contribution in [-0.2, 0) is 0 Å². The van der Waals surface area contributed by atoms with E-state index in [0.29, 0.717) is 6.04 Å². The Morgan fingerprint density at radius 3 is 2.80 bits per heavy atom. The molecule has 0 rings (SSSR count). The molecule has 0 aliphatic carbocycles. The highest BCUT2D eigenvalue weighted by Crippen LogP contribution is 1.93. The first-order chi connectivity index (χ1) is 4.81. The molecule has 0 aromatic rings. The maximum atomic E-state index is 5.42. The van der Waals surface area contributed by atoms with Crippen molar-refractivity contribution in [3.8, 4) is 0 Å². The van der Waals surface area contributed by atoms with Gasteiger partial charge in [-0.2, -0.15) is 11.8 Å². The van der Waals surface area contributed by atoms with Crippen LogP contribution in [0.15, 0.2) is 0 Å². The zero-order valence-electron chi connectivity index (χ0n) is 6.89. The molecule has 0 saturated carbocycles. The molecule has 0 bridgehead atoms. The molecule has 10 heavy (non-hydrogen) atoms. The van der Waals surface area contributed by atoms with E-state index in [0.717, 1.165) is 13.1 Å². The maximum absolute atomic E-state index is 5.42. The molecule has 0 fully saturated rings. The minimum atomic E-state index is 0.474. The Bertz CT molecular complexity index is 68.6. The van der Waals surface area contributed by atoms with E-state index in [4.69, 9.17) is 5.73 Å². The van der Waals surface area contributed by atoms with Crippen LogP contribution in [0.1, 0.15) is 13.3 Å². The van der Waals surface area contributed by atoms with Crippen LogP contribution in [0.25, 0.3) is 0 Å². The smallest absolute Gasteiger partial charge is 0.0161 e. The molecule has 1 atom stereocenters. The molecule has 0 aliphatic heterocycles. The molecule has 0 amide bonds. The van der Waals surface area contributed by atoms with E-state index in [1.54, 1.807) is 0 Å². The summed E-state index contributed by atoms with van der Waals surface area (Å²) >= 11 is 1.89. The Kier molecular flexibility index (Phi) is 7.58. The van der Waals surface area contributed by atoms with Gasteiger partial charge in [0.15, 0.2) is 0 Å². The minimum absolute atomic E-state index is 0.474. The van der Waals surface area contributed by atoms with Crippen LogP contribution in [0.4, 0.5) is 0 Å². The van der Waals surface area contributed by atoms with Crippen LogP contribution in [0.5, 0.6) is 0 Å². The lowest BCUT2D eigenvalue weighted by Gasteiger charge is -2.09. The average Bonchev–Trinajstić information content (AvgIpc) is 1.98. The third kappa shape index (κ3) is 6.39. The highest BCUT2D eigenvalue weighted by molar-refractivity contribution is 7.98. The van der Waals surface area contributed by atoms with E-state index in [-0.39, 0.29) is 0 Å². The zero-order chi connectivity index (χ0) is 7.82. The average molecular weight is 162 g/mol. The van der Waals surface area contributed by atoms with Gasteiger partial charge in [0, 0.05) is 12.6 Å². The van der Waals surface area contributed by atoms with E-state index in [9.17, 15) is 0 Å². The molecule has 0 aromatic heterocycles. The first kappa shape index (κ1) is 10.3. The van der Waals surface area contributed by atoms with Crippen molar-refractivity contribution >= 4 is 11.8 Å². The summed E-state index contributed by atoms with van der Waals surface area (Å²) < 4.78 is 0. The van der Waals surface area contributed by atoms with Crippen LogP contribution in [0.2, 0.25) is 0 Å². The second kappa shape index (κ2) is 7.38. The van der Waals surface area contributed by atoms with E-state index in [1.807, 2.05) is 11.8 Å². The van der Waals surface area contributed by atoms with E-state index in [2.05, 4.69) is 18.5 Å². The number of nitrogens with two attached hydrogens (primary N) is 1. The highest BCUT2D eigenvalue weighted by Gasteiger charge is 1.94. The van der Waals surface area contributed by atoms with Crippen molar-refractivity contribution < 1.29 is 0 Å². The topological polar surface area (TPSA) is 38.0 Å². The van der Waals surface area contributed by atoms with Crippen molar-refractivity contribution in [2.45, 2.75) is 19.4 Å². The van der Waals surface area contributed by atoms with Crippen LogP contribution in [0.3, 0.4) is 0 Å². The predicted octanol–water partition coefficient (Wildman–Crippen LogP) is 0.676. The molecule has 0 radical (unpaired) electrons. The second-order valence-electron chi connectivity index (χ2n) is 2.44. The first-order valence-electron chi connectivity index (χ1n) is 3.73. The van der Waals surface area contributed by atoms with Gasteiger partial charge in [0.05, 0.1) is 0 Å². The summed E-state index contributed by atoms with van der Waals surface area (Å²) in [7, 11) is 0. The van der Waals surface area contributed by atoms with Gasteiger partial charge in [-0.25, -0.2) is 0 Å². The molecule has 62 valence electrons. The predicted molar refractivity (Wildman–Crippen MR) is 49.5 cm³/mol. The van der Waals surface area contributed by atoms with Crippen molar-refractivity contribution in [1.82, 2.24) is 5.32 Å². The van der Waals surface area contributed by atoms with Crippen LogP contribution >= 0.6 is 11.8 Å². The van der Waals surface area contributed by atoms with Gasteiger partial charge in [-0.15, -0.1) is 0 Å². The van der Waals surface area contributed by atoms with Gasteiger partial charge < -0.3 is 11.1 Å². The highest BCUT2D eigenvalue weighted by atomic mass is 32.2. The second-order valence-corrected chi connectivity index (χ2v) is 3.42. The fourth-order valence-corrected chi connectivity index (χ4v) is 1.08. The molecule has 0 spiro atoms. The van der Waals surface area contributed by atoms with Gasteiger partial charge in [0.1, 0.15) is 0 Å². The molecule has 0 aliphatic rings. The number of nitrogens with one attached hydrogen (secondary N) is 1. The minimum Gasteiger partial charge on any atom is -0.329 e. The Morgan fingerprint density at radius 2 is 2.30 bits per heavy atom. The van der Waals surface area contributed by atoms with Gasteiger partial charge >= 0.3 is 0 Å². The van der Waals surface area contributed by atoms with Crippen molar-refractivity contribution in [3.05, 3.63) is 0 Å². The van der Waals surface area contributed by atoms with Crippen LogP contribution in [-0.4, -0.2) is 31.1 Å². The Hall–Kier alpha value is 0.270. The molecule has 0 saturated heterocycles. The van der Waals surface area contributed by atoms with E-state index >= 15 is 0 Å². The summed E-state index contributed by atoms with van der Waals surface area (Å²) in [6, 6.07) is 0.474. The number of rotatable bonds is 6. The number of thioether (sulfide) groups is 1. The van der Waals surface area contributed by atoms with Gasteiger partial charge in [0.25, 0.3) is 0 Å². The van der Waals surface area contributed by atoms with Gasteiger partial charge in [-0.3, -0.25) is 0 Å². The number of hydrogen-bond acceptors (Lipinski definition) is 3. The Morgan fingerprint density at radius 1 is 1.60 bits per heavy atom. The molecule has 0 aromatic carbocycles. The van der Waals surface area contributed by atoms with Crippen molar-refractivity contribution in [2.24, 2.45) is 5.73 Å². The first-order valence-corrected chi connectivity index (χ1v) is 5.13. The van der Waals surface area contributed by atoms with Gasteiger partial charge in [0.2, 0.25) is 0 Å². The summed E-state index contributed by atoms with van der Waals surface area (Å²) in [6.07, 6.45) is 3.37. The summed E-state index contributed by atoms with van der Waals surface area (Å²) in [4.78, 5) is 0. The third-order valence-electron chi connectivity index (χ3n) is 1.37. The summed E-state index contributed by atoms with van der Waals surface area (Å²) in [5.41, 5.74) is 5.42. The lowest BCUT2D eigenvalue weighted by atomic mass is 10.3. The number of hydrogen-bond donors (Lipinski definition) is 2. The largest absolute Gasteiger partial charge is 0.329 e. The zero-order valence-corrected chi connectivity index (χ0v) is 7.71. The standard InChI is InChI=1S/C7H18N2S/c1-7(6-8)9-4-3-5-10-2/h7,9H,3-6,8H2,1-2H3/t7-/m0/s1. The van der Waals surface area contributed by atoms with E-state index < -0.39 is 0 Å². The molecule has 3 heteroatoms. The van der Waals surface area contributed by atoms with Crippen LogP contribution in [0, 0.1) is 0 Å².